The van der Waals surface area contributed by atoms with Crippen LogP contribution < -0.4 is 19.7 Å². The molecule has 1 aromatic heterocycles. The summed E-state index contributed by atoms with van der Waals surface area (Å²) in [7, 11) is 1.66. The standard InChI is InChI=1S/C23H33N5O4/c1-30-21-15-19(3-4-20(21)32-14-11-27-9-12-31-13-10-27)16-24-17-23(29)5-8-28(18-23)22-25-6-2-7-26-22/h2-4,6-7,15,24,29H,5,8-14,16-18H2,1H3/t23-/m1/s1. The van der Waals surface area contributed by atoms with Gasteiger partial charge in [-0.3, -0.25) is 4.90 Å². The number of morpholine rings is 1. The highest BCUT2D eigenvalue weighted by Gasteiger charge is 2.36. The molecule has 9 nitrogen and oxygen atoms in total. The summed E-state index contributed by atoms with van der Waals surface area (Å²) in [6.45, 7) is 7.36. The highest BCUT2D eigenvalue weighted by atomic mass is 16.5. The lowest BCUT2D eigenvalue weighted by molar-refractivity contribution is 0.0321. The Morgan fingerprint density at radius 1 is 1.16 bits per heavy atom. The molecule has 0 radical (unpaired) electrons. The maximum atomic E-state index is 10.9. The van der Waals surface area contributed by atoms with Crippen LogP contribution in [0.2, 0.25) is 0 Å². The van der Waals surface area contributed by atoms with Crippen LogP contribution in [0.25, 0.3) is 0 Å². The molecule has 0 unspecified atom stereocenters. The Labute approximate surface area is 189 Å². The first-order valence-electron chi connectivity index (χ1n) is 11.2. The number of nitrogens with zero attached hydrogens (tertiary/aromatic N) is 4. The molecule has 2 aliphatic rings. The van der Waals surface area contributed by atoms with Crippen molar-refractivity contribution in [1.82, 2.24) is 20.2 Å². The molecule has 32 heavy (non-hydrogen) atoms. The Kier molecular flexibility index (Phi) is 7.75. The summed E-state index contributed by atoms with van der Waals surface area (Å²) < 4.78 is 16.9. The molecule has 1 aromatic carbocycles. The van der Waals surface area contributed by atoms with Crippen molar-refractivity contribution in [3.63, 3.8) is 0 Å². The second kappa shape index (κ2) is 10.9. The maximum Gasteiger partial charge on any atom is 0.225 e. The molecule has 3 heterocycles. The number of hydrogen-bond donors (Lipinski definition) is 2. The number of nitrogens with one attached hydrogen (secondary N) is 1. The number of aliphatic hydroxyl groups is 1. The smallest absolute Gasteiger partial charge is 0.225 e. The van der Waals surface area contributed by atoms with E-state index in [1.54, 1.807) is 25.6 Å². The van der Waals surface area contributed by atoms with E-state index in [1.807, 2.05) is 23.1 Å². The third kappa shape index (κ3) is 6.07. The second-order valence-corrected chi connectivity index (χ2v) is 8.34. The minimum absolute atomic E-state index is 0.496. The minimum Gasteiger partial charge on any atom is -0.493 e. The van der Waals surface area contributed by atoms with Crippen molar-refractivity contribution >= 4 is 5.95 Å². The van der Waals surface area contributed by atoms with E-state index in [1.165, 1.54) is 0 Å². The van der Waals surface area contributed by atoms with Gasteiger partial charge in [0.1, 0.15) is 6.61 Å². The molecule has 2 N–H and O–H groups in total. The SMILES string of the molecule is COc1cc(CNC[C@]2(O)CCN(c3ncccn3)C2)ccc1OCCN1CCOCC1. The average molecular weight is 444 g/mol. The summed E-state index contributed by atoms with van der Waals surface area (Å²) in [5, 5.41) is 14.3. The van der Waals surface area contributed by atoms with Crippen molar-refractivity contribution in [2.75, 3.05) is 71.1 Å². The quantitative estimate of drug-likeness (QED) is 0.556. The summed E-state index contributed by atoms with van der Waals surface area (Å²) in [5.41, 5.74) is 0.276. The topological polar surface area (TPSA) is 92.2 Å². The normalized spacial score (nSPS) is 21.6. The van der Waals surface area contributed by atoms with E-state index < -0.39 is 5.60 Å². The number of rotatable bonds is 10. The van der Waals surface area contributed by atoms with Gasteiger partial charge in [0.25, 0.3) is 0 Å². The zero-order chi connectivity index (χ0) is 22.2. The van der Waals surface area contributed by atoms with Gasteiger partial charge in [-0.2, -0.15) is 0 Å². The number of benzene rings is 1. The van der Waals surface area contributed by atoms with Gasteiger partial charge in [0.15, 0.2) is 11.5 Å². The molecule has 0 amide bonds. The van der Waals surface area contributed by atoms with E-state index >= 15 is 0 Å². The Morgan fingerprint density at radius 3 is 2.75 bits per heavy atom. The van der Waals surface area contributed by atoms with E-state index in [0.717, 1.165) is 56.5 Å². The van der Waals surface area contributed by atoms with E-state index in [-0.39, 0.29) is 0 Å². The monoisotopic (exact) mass is 443 g/mol. The molecule has 2 fully saturated rings. The summed E-state index contributed by atoms with van der Waals surface area (Å²) in [5.74, 6) is 2.13. The first-order valence-corrected chi connectivity index (χ1v) is 11.2. The molecule has 2 aliphatic heterocycles. The zero-order valence-electron chi connectivity index (χ0n) is 18.7. The van der Waals surface area contributed by atoms with Crippen LogP contribution in [0.5, 0.6) is 11.5 Å². The molecule has 0 saturated carbocycles. The number of β-amino-alcohol motifs (C(OH)–C–C–N with tert-alkyl or cyclic N) is 1. The van der Waals surface area contributed by atoms with Crippen molar-refractivity contribution in [3.8, 4) is 11.5 Å². The Hall–Kier alpha value is -2.46. The summed E-state index contributed by atoms with van der Waals surface area (Å²) in [6, 6.07) is 7.76. The summed E-state index contributed by atoms with van der Waals surface area (Å²) >= 11 is 0. The van der Waals surface area contributed by atoms with Gasteiger partial charge in [0.05, 0.1) is 32.5 Å². The van der Waals surface area contributed by atoms with Crippen LogP contribution in [0.3, 0.4) is 0 Å². The van der Waals surface area contributed by atoms with Crippen LogP contribution in [-0.4, -0.2) is 91.8 Å². The van der Waals surface area contributed by atoms with Gasteiger partial charge < -0.3 is 29.5 Å². The lowest BCUT2D eigenvalue weighted by Gasteiger charge is -2.26. The molecule has 9 heteroatoms. The van der Waals surface area contributed by atoms with Crippen LogP contribution in [0.4, 0.5) is 5.95 Å². The van der Waals surface area contributed by atoms with Crippen LogP contribution in [0, 0.1) is 0 Å². The van der Waals surface area contributed by atoms with Crippen molar-refractivity contribution in [3.05, 3.63) is 42.2 Å². The zero-order valence-corrected chi connectivity index (χ0v) is 18.7. The summed E-state index contributed by atoms with van der Waals surface area (Å²) in [4.78, 5) is 12.9. The molecule has 0 spiro atoms. The predicted molar refractivity (Wildman–Crippen MR) is 121 cm³/mol. The van der Waals surface area contributed by atoms with E-state index in [0.29, 0.717) is 38.6 Å². The fourth-order valence-electron chi connectivity index (χ4n) is 4.12. The van der Waals surface area contributed by atoms with E-state index in [9.17, 15) is 5.11 Å². The van der Waals surface area contributed by atoms with Crippen molar-refractivity contribution in [2.24, 2.45) is 0 Å². The van der Waals surface area contributed by atoms with Gasteiger partial charge in [-0.15, -0.1) is 0 Å². The minimum atomic E-state index is -0.800. The van der Waals surface area contributed by atoms with Gasteiger partial charge in [0, 0.05) is 51.7 Å². The van der Waals surface area contributed by atoms with E-state index in [4.69, 9.17) is 14.2 Å². The van der Waals surface area contributed by atoms with Gasteiger partial charge >= 0.3 is 0 Å². The molecule has 0 bridgehead atoms. The Morgan fingerprint density at radius 2 is 1.97 bits per heavy atom. The van der Waals surface area contributed by atoms with Crippen molar-refractivity contribution < 1.29 is 19.3 Å². The highest BCUT2D eigenvalue weighted by Crippen LogP contribution is 2.28. The van der Waals surface area contributed by atoms with Gasteiger partial charge in [-0.1, -0.05) is 6.07 Å². The third-order valence-corrected chi connectivity index (χ3v) is 5.95. The first-order chi connectivity index (χ1) is 15.6. The van der Waals surface area contributed by atoms with Crippen molar-refractivity contribution in [2.45, 2.75) is 18.6 Å². The molecule has 1 atom stereocenters. The summed E-state index contributed by atoms with van der Waals surface area (Å²) in [6.07, 6.45) is 4.13. The number of aromatic nitrogens is 2. The predicted octanol–water partition coefficient (Wildman–Crippen LogP) is 0.927. The lowest BCUT2D eigenvalue weighted by Crippen LogP contribution is -2.43. The fraction of sp³-hybridized carbons (Fsp3) is 0.565. The maximum absolute atomic E-state index is 10.9. The van der Waals surface area contributed by atoms with Crippen LogP contribution in [0.15, 0.2) is 36.7 Å². The van der Waals surface area contributed by atoms with Crippen LogP contribution >= 0.6 is 0 Å². The number of hydrogen-bond acceptors (Lipinski definition) is 9. The second-order valence-electron chi connectivity index (χ2n) is 8.34. The molecular weight excluding hydrogens is 410 g/mol. The third-order valence-electron chi connectivity index (χ3n) is 5.95. The molecule has 174 valence electrons. The first kappa shape index (κ1) is 22.7. The largest absolute Gasteiger partial charge is 0.493 e. The van der Waals surface area contributed by atoms with E-state index in [2.05, 4.69) is 20.2 Å². The molecule has 2 aromatic rings. The van der Waals surface area contributed by atoms with Gasteiger partial charge in [0.2, 0.25) is 5.95 Å². The fourth-order valence-corrected chi connectivity index (χ4v) is 4.12. The van der Waals surface area contributed by atoms with Gasteiger partial charge in [-0.25, -0.2) is 9.97 Å². The molecular formula is C23H33N5O4. The number of anilines is 1. The lowest BCUT2D eigenvalue weighted by atomic mass is 10.0. The van der Waals surface area contributed by atoms with Gasteiger partial charge in [-0.05, 0) is 30.2 Å². The van der Waals surface area contributed by atoms with Crippen LogP contribution in [0.1, 0.15) is 12.0 Å². The molecule has 2 saturated heterocycles. The number of methoxy groups -OCH3 is 1. The molecule has 0 aliphatic carbocycles. The highest BCUT2D eigenvalue weighted by molar-refractivity contribution is 5.43. The average Bonchev–Trinajstić information content (AvgIpc) is 3.23. The Balaban J connectivity index is 1.23. The number of ether oxygens (including phenoxy) is 3. The van der Waals surface area contributed by atoms with Crippen LogP contribution in [-0.2, 0) is 11.3 Å². The van der Waals surface area contributed by atoms with Crippen molar-refractivity contribution in [1.29, 1.82) is 0 Å². The Bertz CT molecular complexity index is 850. The molecule has 4 rings (SSSR count).